The highest BCUT2D eigenvalue weighted by molar-refractivity contribution is 7.09. The lowest BCUT2D eigenvalue weighted by atomic mass is 10.1. The standard InChI is InChI=1S/C17H19FN2O3S/c1-11(2-7-17(22)23)19-15(21)9-14-10-24-16(20-14)8-12-3-5-13(18)6-4-12/h3-6,10-11H,2,7-9H2,1H3,(H,19,21)(H,22,23). The molecular formula is C17H19FN2O3S. The Morgan fingerprint density at radius 1 is 1.33 bits per heavy atom. The summed E-state index contributed by atoms with van der Waals surface area (Å²) in [5.41, 5.74) is 1.64. The van der Waals surface area contributed by atoms with Crippen molar-refractivity contribution >= 4 is 23.2 Å². The number of aromatic nitrogens is 1. The van der Waals surface area contributed by atoms with Gasteiger partial charge in [-0.2, -0.15) is 0 Å². The minimum Gasteiger partial charge on any atom is -0.481 e. The number of hydrogen-bond acceptors (Lipinski definition) is 4. The lowest BCUT2D eigenvalue weighted by Gasteiger charge is -2.11. The summed E-state index contributed by atoms with van der Waals surface area (Å²) in [6.07, 6.45) is 1.19. The van der Waals surface area contributed by atoms with Crippen LogP contribution >= 0.6 is 11.3 Å². The van der Waals surface area contributed by atoms with E-state index in [0.29, 0.717) is 18.5 Å². The monoisotopic (exact) mass is 350 g/mol. The Bertz CT molecular complexity index is 700. The third kappa shape index (κ3) is 6.08. The van der Waals surface area contributed by atoms with E-state index in [4.69, 9.17) is 5.11 Å². The molecular weight excluding hydrogens is 331 g/mol. The zero-order valence-electron chi connectivity index (χ0n) is 13.3. The molecule has 1 heterocycles. The first-order valence-corrected chi connectivity index (χ1v) is 8.49. The number of nitrogens with one attached hydrogen (secondary N) is 1. The maximum absolute atomic E-state index is 12.9. The largest absolute Gasteiger partial charge is 0.481 e. The second-order valence-electron chi connectivity index (χ2n) is 5.61. The van der Waals surface area contributed by atoms with Gasteiger partial charge in [0.1, 0.15) is 5.82 Å². The van der Waals surface area contributed by atoms with E-state index in [0.717, 1.165) is 10.6 Å². The topological polar surface area (TPSA) is 79.3 Å². The van der Waals surface area contributed by atoms with Gasteiger partial charge >= 0.3 is 5.97 Å². The fourth-order valence-corrected chi connectivity index (χ4v) is 3.02. The van der Waals surface area contributed by atoms with Crippen LogP contribution in [0, 0.1) is 5.82 Å². The van der Waals surface area contributed by atoms with E-state index in [2.05, 4.69) is 10.3 Å². The fraction of sp³-hybridized carbons (Fsp3) is 0.353. The lowest BCUT2D eigenvalue weighted by Crippen LogP contribution is -2.34. The van der Waals surface area contributed by atoms with Gasteiger partial charge in [-0.1, -0.05) is 12.1 Å². The van der Waals surface area contributed by atoms with Gasteiger partial charge in [0.15, 0.2) is 0 Å². The van der Waals surface area contributed by atoms with Gasteiger partial charge in [0.2, 0.25) is 5.91 Å². The average Bonchev–Trinajstić information content (AvgIpc) is 2.94. The van der Waals surface area contributed by atoms with E-state index in [1.165, 1.54) is 23.5 Å². The Balaban J connectivity index is 1.83. The van der Waals surface area contributed by atoms with Gasteiger partial charge in [-0.25, -0.2) is 9.37 Å². The van der Waals surface area contributed by atoms with Crippen molar-refractivity contribution in [2.75, 3.05) is 0 Å². The van der Waals surface area contributed by atoms with Crippen LogP contribution in [0.5, 0.6) is 0 Å². The second kappa shape index (κ2) is 8.54. The van der Waals surface area contributed by atoms with E-state index >= 15 is 0 Å². The third-order valence-corrected chi connectivity index (χ3v) is 4.31. The molecule has 0 radical (unpaired) electrons. The molecule has 1 unspecified atom stereocenters. The van der Waals surface area contributed by atoms with Crippen molar-refractivity contribution < 1.29 is 19.1 Å². The van der Waals surface area contributed by atoms with Crippen molar-refractivity contribution in [3.63, 3.8) is 0 Å². The van der Waals surface area contributed by atoms with Crippen molar-refractivity contribution in [3.05, 3.63) is 51.7 Å². The van der Waals surface area contributed by atoms with Gasteiger partial charge in [0, 0.05) is 24.3 Å². The van der Waals surface area contributed by atoms with Crippen LogP contribution in [-0.4, -0.2) is 28.0 Å². The molecule has 0 bridgehead atoms. The number of carboxylic acids is 1. The van der Waals surface area contributed by atoms with E-state index in [1.807, 2.05) is 5.38 Å². The molecule has 0 aliphatic heterocycles. The molecule has 1 atom stereocenters. The summed E-state index contributed by atoms with van der Waals surface area (Å²) >= 11 is 1.46. The maximum Gasteiger partial charge on any atom is 0.303 e. The van der Waals surface area contributed by atoms with Crippen molar-refractivity contribution in [2.24, 2.45) is 0 Å². The summed E-state index contributed by atoms with van der Waals surface area (Å²) in [5.74, 6) is -1.32. The van der Waals surface area contributed by atoms with Crippen molar-refractivity contribution in [3.8, 4) is 0 Å². The highest BCUT2D eigenvalue weighted by Gasteiger charge is 2.12. The molecule has 0 saturated heterocycles. The molecule has 2 aromatic rings. The van der Waals surface area contributed by atoms with Crippen molar-refractivity contribution in [1.82, 2.24) is 10.3 Å². The average molecular weight is 350 g/mol. The smallest absolute Gasteiger partial charge is 0.303 e. The predicted octanol–water partition coefficient (Wildman–Crippen LogP) is 2.79. The van der Waals surface area contributed by atoms with Gasteiger partial charge < -0.3 is 10.4 Å². The number of nitrogens with zero attached hydrogens (tertiary/aromatic N) is 1. The van der Waals surface area contributed by atoms with Crippen LogP contribution in [0.25, 0.3) is 0 Å². The van der Waals surface area contributed by atoms with E-state index in [-0.39, 0.29) is 30.6 Å². The molecule has 1 amide bonds. The maximum atomic E-state index is 12.9. The summed E-state index contributed by atoms with van der Waals surface area (Å²) in [6.45, 7) is 1.78. The van der Waals surface area contributed by atoms with Gasteiger partial charge in [0.25, 0.3) is 0 Å². The molecule has 2 rings (SSSR count). The first kappa shape index (κ1) is 18.1. The van der Waals surface area contributed by atoms with E-state index in [1.54, 1.807) is 19.1 Å². The van der Waals surface area contributed by atoms with Crippen LogP contribution in [0.3, 0.4) is 0 Å². The predicted molar refractivity (Wildman–Crippen MR) is 89.5 cm³/mol. The summed E-state index contributed by atoms with van der Waals surface area (Å²) in [5, 5.41) is 14.1. The summed E-state index contributed by atoms with van der Waals surface area (Å²) < 4.78 is 12.9. The third-order valence-electron chi connectivity index (χ3n) is 3.41. The van der Waals surface area contributed by atoms with Gasteiger partial charge in [-0.15, -0.1) is 11.3 Å². The molecule has 0 aliphatic carbocycles. The molecule has 0 aliphatic rings. The normalized spacial score (nSPS) is 11.9. The Hall–Kier alpha value is -2.28. The molecule has 5 nitrogen and oxygen atoms in total. The lowest BCUT2D eigenvalue weighted by molar-refractivity contribution is -0.137. The van der Waals surface area contributed by atoms with Crippen LogP contribution in [0.4, 0.5) is 4.39 Å². The number of carbonyl (C=O) groups is 2. The van der Waals surface area contributed by atoms with E-state index in [9.17, 15) is 14.0 Å². The molecule has 128 valence electrons. The number of benzene rings is 1. The highest BCUT2D eigenvalue weighted by Crippen LogP contribution is 2.15. The first-order chi connectivity index (χ1) is 11.4. The number of amides is 1. The first-order valence-electron chi connectivity index (χ1n) is 7.61. The van der Waals surface area contributed by atoms with Gasteiger partial charge in [-0.05, 0) is 31.0 Å². The van der Waals surface area contributed by atoms with Crippen LogP contribution in [-0.2, 0) is 22.4 Å². The zero-order chi connectivity index (χ0) is 17.5. The molecule has 0 fully saturated rings. The van der Waals surface area contributed by atoms with Crippen LogP contribution < -0.4 is 5.32 Å². The number of carboxylic acid groups (broad SMARTS) is 1. The number of carbonyl (C=O) groups excluding carboxylic acids is 1. The van der Waals surface area contributed by atoms with Gasteiger partial charge in [0.05, 0.1) is 17.1 Å². The Kier molecular flexibility index (Phi) is 6.43. The zero-order valence-corrected chi connectivity index (χ0v) is 14.1. The molecule has 2 N–H and O–H groups in total. The molecule has 0 spiro atoms. The number of aliphatic carboxylic acids is 1. The Morgan fingerprint density at radius 3 is 2.71 bits per heavy atom. The molecule has 7 heteroatoms. The minimum absolute atomic E-state index is 0.0277. The Labute approximate surface area is 143 Å². The molecule has 1 aromatic carbocycles. The molecule has 24 heavy (non-hydrogen) atoms. The quantitative estimate of drug-likeness (QED) is 0.767. The molecule has 0 saturated carbocycles. The number of rotatable bonds is 8. The number of thiazole rings is 1. The van der Waals surface area contributed by atoms with Crippen molar-refractivity contribution in [2.45, 2.75) is 38.6 Å². The number of hydrogen-bond donors (Lipinski definition) is 2. The summed E-state index contributed by atoms with van der Waals surface area (Å²) in [6, 6.07) is 6.07. The SMILES string of the molecule is CC(CCC(=O)O)NC(=O)Cc1csc(Cc2ccc(F)cc2)n1. The van der Waals surface area contributed by atoms with E-state index < -0.39 is 5.97 Å². The van der Waals surface area contributed by atoms with Crippen LogP contribution in [0.15, 0.2) is 29.6 Å². The summed E-state index contributed by atoms with van der Waals surface area (Å²) in [4.78, 5) is 26.9. The van der Waals surface area contributed by atoms with Crippen LogP contribution in [0.1, 0.15) is 36.0 Å². The highest BCUT2D eigenvalue weighted by atomic mass is 32.1. The van der Waals surface area contributed by atoms with Crippen molar-refractivity contribution in [1.29, 1.82) is 0 Å². The fourth-order valence-electron chi connectivity index (χ4n) is 2.19. The minimum atomic E-state index is -0.874. The van der Waals surface area contributed by atoms with Crippen LogP contribution in [0.2, 0.25) is 0 Å². The Morgan fingerprint density at radius 2 is 2.04 bits per heavy atom. The van der Waals surface area contributed by atoms with Gasteiger partial charge in [-0.3, -0.25) is 9.59 Å². The summed E-state index contributed by atoms with van der Waals surface area (Å²) in [7, 11) is 0. The second-order valence-corrected chi connectivity index (χ2v) is 6.56. The number of halogens is 1. The molecule has 1 aromatic heterocycles.